The Morgan fingerprint density at radius 1 is 1.30 bits per heavy atom. The molecule has 2 rings (SSSR count). The molecule has 126 valence electrons. The van der Waals surface area contributed by atoms with Crippen molar-refractivity contribution in [2.75, 3.05) is 19.7 Å². The summed E-state index contributed by atoms with van der Waals surface area (Å²) in [6, 6.07) is 5.44. The van der Waals surface area contributed by atoms with E-state index in [1.54, 1.807) is 6.92 Å². The van der Waals surface area contributed by atoms with E-state index < -0.39 is 27.4 Å². The van der Waals surface area contributed by atoms with E-state index >= 15 is 0 Å². The van der Waals surface area contributed by atoms with Crippen molar-refractivity contribution >= 4 is 22.0 Å². The second kappa shape index (κ2) is 6.29. The van der Waals surface area contributed by atoms with Gasteiger partial charge in [0.1, 0.15) is 0 Å². The van der Waals surface area contributed by atoms with Gasteiger partial charge in [0.05, 0.1) is 22.5 Å². The molecule has 1 unspecified atom stereocenters. The molecule has 1 aromatic carbocycles. The molecule has 0 aromatic heterocycles. The molecule has 23 heavy (non-hydrogen) atoms. The Hall–Kier alpha value is -1.93. The quantitative estimate of drug-likeness (QED) is 0.811. The predicted molar refractivity (Wildman–Crippen MR) is 81.5 cm³/mol. The minimum absolute atomic E-state index is 0.0280. The number of carboxylic acids is 1. The van der Waals surface area contributed by atoms with E-state index in [4.69, 9.17) is 4.74 Å². The van der Waals surface area contributed by atoms with Crippen LogP contribution >= 0.6 is 0 Å². The summed E-state index contributed by atoms with van der Waals surface area (Å²) >= 11 is 0. The van der Waals surface area contributed by atoms with Crippen molar-refractivity contribution in [3.63, 3.8) is 0 Å². The standard InChI is InChI=1S/C15H19NO6S/c1-3-22-13(17)11-4-6-12(7-5-11)23(20,21)16-9-8-15(2,10-16)14(18)19/h4-7H,3,8-10H2,1-2H3,(H,18,19). The highest BCUT2D eigenvalue weighted by Gasteiger charge is 2.44. The third-order valence-electron chi connectivity index (χ3n) is 3.96. The van der Waals surface area contributed by atoms with Gasteiger partial charge in [0.15, 0.2) is 0 Å². The maximum Gasteiger partial charge on any atom is 0.338 e. The summed E-state index contributed by atoms with van der Waals surface area (Å²) in [6.45, 7) is 3.55. The number of sulfonamides is 1. The second-order valence-electron chi connectivity index (χ2n) is 5.70. The lowest BCUT2D eigenvalue weighted by atomic mass is 9.90. The van der Waals surface area contributed by atoms with E-state index in [2.05, 4.69) is 0 Å². The van der Waals surface area contributed by atoms with Crippen LogP contribution in [0.4, 0.5) is 0 Å². The van der Waals surface area contributed by atoms with E-state index in [0.29, 0.717) is 0 Å². The SMILES string of the molecule is CCOC(=O)c1ccc(S(=O)(=O)N2CCC(C)(C(=O)O)C2)cc1. The Morgan fingerprint density at radius 2 is 1.91 bits per heavy atom. The summed E-state index contributed by atoms with van der Waals surface area (Å²) in [7, 11) is -3.78. The van der Waals surface area contributed by atoms with Crippen LogP contribution in [0.5, 0.6) is 0 Å². The maximum atomic E-state index is 12.6. The third kappa shape index (κ3) is 3.37. The van der Waals surface area contributed by atoms with Gasteiger partial charge in [0.25, 0.3) is 0 Å². The first-order chi connectivity index (χ1) is 10.7. The fourth-order valence-electron chi connectivity index (χ4n) is 2.43. The Kier molecular flexibility index (Phi) is 4.76. The molecule has 0 saturated carbocycles. The monoisotopic (exact) mass is 341 g/mol. The number of rotatable bonds is 5. The van der Waals surface area contributed by atoms with Crippen molar-refractivity contribution in [2.24, 2.45) is 5.41 Å². The van der Waals surface area contributed by atoms with Gasteiger partial charge < -0.3 is 9.84 Å². The Labute approximate surface area is 134 Å². The zero-order valence-electron chi connectivity index (χ0n) is 13.0. The van der Waals surface area contributed by atoms with Gasteiger partial charge in [-0.25, -0.2) is 13.2 Å². The van der Waals surface area contributed by atoms with E-state index in [9.17, 15) is 23.1 Å². The van der Waals surface area contributed by atoms with Crippen LogP contribution in [0.25, 0.3) is 0 Å². The number of esters is 1. The predicted octanol–water partition coefficient (Wildman–Crippen LogP) is 1.35. The largest absolute Gasteiger partial charge is 0.481 e. The van der Waals surface area contributed by atoms with Crippen LogP contribution in [0.3, 0.4) is 0 Å². The number of carbonyl (C=O) groups is 2. The van der Waals surface area contributed by atoms with Gasteiger partial charge in [-0.1, -0.05) is 0 Å². The summed E-state index contributed by atoms with van der Waals surface area (Å²) in [6.07, 6.45) is 0.266. The van der Waals surface area contributed by atoms with Gasteiger partial charge in [-0.2, -0.15) is 4.31 Å². The number of hydrogen-bond donors (Lipinski definition) is 1. The van der Waals surface area contributed by atoms with Crippen molar-refractivity contribution in [1.82, 2.24) is 4.31 Å². The van der Waals surface area contributed by atoms with Gasteiger partial charge in [-0.15, -0.1) is 0 Å². The van der Waals surface area contributed by atoms with E-state index in [-0.39, 0.29) is 36.6 Å². The van der Waals surface area contributed by atoms with Gasteiger partial charge in [0, 0.05) is 13.1 Å². The second-order valence-corrected chi connectivity index (χ2v) is 7.64. The lowest BCUT2D eigenvalue weighted by Gasteiger charge is -2.20. The number of benzene rings is 1. The lowest BCUT2D eigenvalue weighted by Crippen LogP contribution is -2.34. The molecule has 1 saturated heterocycles. The van der Waals surface area contributed by atoms with Gasteiger partial charge in [-0.3, -0.25) is 4.79 Å². The molecule has 0 amide bonds. The maximum absolute atomic E-state index is 12.6. The molecule has 1 N–H and O–H groups in total. The number of hydrogen-bond acceptors (Lipinski definition) is 5. The molecule has 1 heterocycles. The van der Waals surface area contributed by atoms with Crippen LogP contribution in [0.1, 0.15) is 30.6 Å². The van der Waals surface area contributed by atoms with Crippen molar-refractivity contribution < 1.29 is 27.9 Å². The van der Waals surface area contributed by atoms with Gasteiger partial charge in [0.2, 0.25) is 10.0 Å². The lowest BCUT2D eigenvalue weighted by molar-refractivity contribution is -0.146. The highest BCUT2D eigenvalue weighted by Crippen LogP contribution is 2.33. The fraction of sp³-hybridized carbons (Fsp3) is 0.467. The summed E-state index contributed by atoms with van der Waals surface area (Å²) in [5.74, 6) is -1.52. The summed E-state index contributed by atoms with van der Waals surface area (Å²) in [5.41, 5.74) is -0.805. The van der Waals surface area contributed by atoms with Crippen LogP contribution < -0.4 is 0 Å². The molecule has 7 nitrogen and oxygen atoms in total. The number of aliphatic carboxylic acids is 1. The molecule has 1 aliphatic heterocycles. The molecular formula is C15H19NO6S. The first-order valence-electron chi connectivity index (χ1n) is 7.21. The minimum atomic E-state index is -3.78. The van der Waals surface area contributed by atoms with Gasteiger partial charge in [-0.05, 0) is 44.5 Å². The molecule has 1 aromatic rings. The molecule has 1 aliphatic rings. The number of ether oxygens (including phenoxy) is 1. The zero-order chi connectivity index (χ0) is 17.3. The first kappa shape index (κ1) is 17.4. The summed E-state index contributed by atoms with van der Waals surface area (Å²) in [5, 5.41) is 9.20. The molecule has 1 atom stereocenters. The van der Waals surface area contributed by atoms with Gasteiger partial charge >= 0.3 is 11.9 Å². The van der Waals surface area contributed by atoms with Crippen molar-refractivity contribution in [2.45, 2.75) is 25.2 Å². The average molecular weight is 341 g/mol. The van der Waals surface area contributed by atoms with Crippen LogP contribution in [-0.2, 0) is 19.6 Å². The molecular weight excluding hydrogens is 322 g/mol. The topological polar surface area (TPSA) is 101 Å². The highest BCUT2D eigenvalue weighted by molar-refractivity contribution is 7.89. The van der Waals surface area contributed by atoms with Crippen LogP contribution in [-0.4, -0.2) is 49.5 Å². The minimum Gasteiger partial charge on any atom is -0.481 e. The Balaban J connectivity index is 2.21. The number of carbonyl (C=O) groups excluding carboxylic acids is 1. The van der Waals surface area contributed by atoms with Crippen LogP contribution in [0.2, 0.25) is 0 Å². The van der Waals surface area contributed by atoms with E-state index in [1.807, 2.05) is 0 Å². The van der Waals surface area contributed by atoms with Crippen molar-refractivity contribution in [3.05, 3.63) is 29.8 Å². The number of nitrogens with zero attached hydrogens (tertiary/aromatic N) is 1. The molecule has 0 spiro atoms. The van der Waals surface area contributed by atoms with Crippen molar-refractivity contribution in [3.8, 4) is 0 Å². The smallest absolute Gasteiger partial charge is 0.338 e. The zero-order valence-corrected chi connectivity index (χ0v) is 13.8. The van der Waals surface area contributed by atoms with Crippen molar-refractivity contribution in [1.29, 1.82) is 0 Å². The van der Waals surface area contributed by atoms with Crippen LogP contribution in [0, 0.1) is 5.41 Å². The molecule has 8 heteroatoms. The third-order valence-corrected chi connectivity index (χ3v) is 5.82. The molecule has 0 radical (unpaired) electrons. The molecule has 1 fully saturated rings. The average Bonchev–Trinajstić information content (AvgIpc) is 2.92. The Bertz CT molecular complexity index is 712. The normalized spacial score (nSPS) is 22.0. The highest BCUT2D eigenvalue weighted by atomic mass is 32.2. The first-order valence-corrected chi connectivity index (χ1v) is 8.65. The van der Waals surface area contributed by atoms with E-state index in [1.165, 1.54) is 35.5 Å². The molecule has 0 bridgehead atoms. The summed E-state index contributed by atoms with van der Waals surface area (Å²) in [4.78, 5) is 22.8. The Morgan fingerprint density at radius 3 is 2.39 bits per heavy atom. The van der Waals surface area contributed by atoms with Crippen LogP contribution in [0.15, 0.2) is 29.2 Å². The summed E-state index contributed by atoms with van der Waals surface area (Å²) < 4.78 is 31.1. The van der Waals surface area contributed by atoms with E-state index in [0.717, 1.165) is 0 Å². The number of carboxylic acid groups (broad SMARTS) is 1. The fourth-order valence-corrected chi connectivity index (χ4v) is 3.99. The molecule has 0 aliphatic carbocycles.